The third-order valence-electron chi connectivity index (χ3n) is 5.05. The van der Waals surface area contributed by atoms with Gasteiger partial charge in [-0.15, -0.1) is 0 Å². The van der Waals surface area contributed by atoms with Crippen LogP contribution in [0.4, 0.5) is 0 Å². The maximum atomic E-state index is 6.43. The smallest absolute Gasteiger partial charge is 0.0453 e. The average molecular weight is 293 g/mol. The monoisotopic (exact) mass is 292 g/mol. The van der Waals surface area contributed by atoms with Crippen molar-refractivity contribution in [2.75, 3.05) is 13.1 Å². The predicted molar refractivity (Wildman–Crippen MR) is 85.2 cm³/mol. The molecule has 2 nitrogen and oxygen atoms in total. The molecule has 3 rings (SSSR count). The molecule has 0 amide bonds. The molecular weight excluding hydrogens is 268 g/mol. The highest BCUT2D eigenvalue weighted by atomic mass is 35.5. The zero-order valence-electron chi connectivity index (χ0n) is 12.7. The molecule has 1 heterocycles. The molecule has 110 valence electrons. The first-order valence-corrected chi connectivity index (χ1v) is 8.10. The van der Waals surface area contributed by atoms with Crippen LogP contribution in [0.1, 0.15) is 37.8 Å². The van der Waals surface area contributed by atoms with Crippen molar-refractivity contribution < 1.29 is 0 Å². The summed E-state index contributed by atoms with van der Waals surface area (Å²) in [5.74, 6) is 0.853. The van der Waals surface area contributed by atoms with Crippen LogP contribution in [0.25, 0.3) is 0 Å². The molecule has 1 saturated heterocycles. The molecule has 1 saturated carbocycles. The van der Waals surface area contributed by atoms with Gasteiger partial charge in [-0.1, -0.05) is 23.7 Å². The lowest BCUT2D eigenvalue weighted by molar-refractivity contribution is 0.0312. The van der Waals surface area contributed by atoms with E-state index in [9.17, 15) is 0 Å². The van der Waals surface area contributed by atoms with Crippen LogP contribution >= 0.6 is 11.6 Å². The summed E-state index contributed by atoms with van der Waals surface area (Å²) in [6.07, 6.45) is 2.76. The fourth-order valence-electron chi connectivity index (χ4n) is 3.44. The van der Waals surface area contributed by atoms with Crippen LogP contribution in [0.3, 0.4) is 0 Å². The fourth-order valence-corrected chi connectivity index (χ4v) is 3.73. The summed E-state index contributed by atoms with van der Waals surface area (Å²) < 4.78 is 0. The largest absolute Gasteiger partial charge is 0.311 e. The van der Waals surface area contributed by atoms with E-state index in [1.165, 1.54) is 24.0 Å². The summed E-state index contributed by atoms with van der Waals surface area (Å²) in [6.45, 7) is 9.97. The third kappa shape index (κ3) is 2.74. The van der Waals surface area contributed by atoms with Gasteiger partial charge in [0, 0.05) is 36.2 Å². The van der Waals surface area contributed by atoms with Crippen LogP contribution in [-0.4, -0.2) is 29.6 Å². The molecule has 3 heteroatoms. The molecule has 2 atom stereocenters. The highest BCUT2D eigenvalue weighted by Gasteiger charge is 2.47. The summed E-state index contributed by atoms with van der Waals surface area (Å²) in [6, 6.07) is 7.00. The Morgan fingerprint density at radius 1 is 1.40 bits per heavy atom. The molecule has 2 unspecified atom stereocenters. The zero-order chi connectivity index (χ0) is 14.3. The number of halogens is 1. The van der Waals surface area contributed by atoms with E-state index in [0.29, 0.717) is 11.6 Å². The molecule has 1 aromatic carbocycles. The molecule has 20 heavy (non-hydrogen) atoms. The highest BCUT2D eigenvalue weighted by Crippen LogP contribution is 2.44. The van der Waals surface area contributed by atoms with Gasteiger partial charge in [0.1, 0.15) is 0 Å². The molecule has 0 radical (unpaired) electrons. The average Bonchev–Trinajstić information content (AvgIpc) is 3.22. The Morgan fingerprint density at radius 3 is 2.80 bits per heavy atom. The first-order valence-electron chi connectivity index (χ1n) is 7.72. The van der Waals surface area contributed by atoms with Crippen LogP contribution < -0.4 is 5.32 Å². The van der Waals surface area contributed by atoms with Gasteiger partial charge in [0.15, 0.2) is 0 Å². The Labute approximate surface area is 127 Å². The number of aryl methyl sites for hydroxylation is 1. The van der Waals surface area contributed by atoms with Gasteiger partial charge in [-0.2, -0.15) is 0 Å². The van der Waals surface area contributed by atoms with Gasteiger partial charge >= 0.3 is 0 Å². The van der Waals surface area contributed by atoms with Gasteiger partial charge in [-0.25, -0.2) is 0 Å². The molecule has 1 aromatic rings. The number of rotatable bonds is 3. The highest BCUT2D eigenvalue weighted by molar-refractivity contribution is 6.31. The molecule has 2 fully saturated rings. The standard InChI is InChI=1S/C17H25ClN2/c1-12-4-5-14(16(18)8-12)10-20-9-13(2)19-11-17(20,3)15-6-7-15/h4-5,8,13,15,19H,6-7,9-11H2,1-3H3. The van der Waals surface area contributed by atoms with Crippen molar-refractivity contribution in [2.24, 2.45) is 5.92 Å². The van der Waals surface area contributed by atoms with Crippen molar-refractivity contribution in [1.82, 2.24) is 10.2 Å². The second-order valence-corrected chi connectivity index (χ2v) is 7.30. The van der Waals surface area contributed by atoms with Gasteiger partial charge in [0.25, 0.3) is 0 Å². The van der Waals surface area contributed by atoms with Crippen LogP contribution in [0.15, 0.2) is 18.2 Å². The van der Waals surface area contributed by atoms with Gasteiger partial charge < -0.3 is 5.32 Å². The fraction of sp³-hybridized carbons (Fsp3) is 0.647. The maximum absolute atomic E-state index is 6.43. The quantitative estimate of drug-likeness (QED) is 0.915. The van der Waals surface area contributed by atoms with Crippen molar-refractivity contribution in [3.05, 3.63) is 34.3 Å². The van der Waals surface area contributed by atoms with E-state index >= 15 is 0 Å². The van der Waals surface area contributed by atoms with E-state index in [1.54, 1.807) is 0 Å². The number of nitrogens with zero attached hydrogens (tertiary/aromatic N) is 1. The molecule has 1 N–H and O–H groups in total. The second-order valence-electron chi connectivity index (χ2n) is 6.89. The maximum Gasteiger partial charge on any atom is 0.0453 e. The first kappa shape index (κ1) is 14.4. The van der Waals surface area contributed by atoms with Crippen molar-refractivity contribution >= 4 is 11.6 Å². The Hall–Kier alpha value is -0.570. The number of piperazine rings is 1. The minimum Gasteiger partial charge on any atom is -0.311 e. The Morgan fingerprint density at radius 2 is 2.15 bits per heavy atom. The minimum atomic E-state index is 0.292. The summed E-state index contributed by atoms with van der Waals surface area (Å²) >= 11 is 6.43. The molecular formula is C17H25ClN2. The second kappa shape index (κ2) is 5.32. The van der Waals surface area contributed by atoms with E-state index in [0.717, 1.165) is 30.6 Å². The first-order chi connectivity index (χ1) is 9.49. The number of benzene rings is 1. The lowest BCUT2D eigenvalue weighted by Crippen LogP contribution is -2.63. The van der Waals surface area contributed by atoms with E-state index in [4.69, 9.17) is 11.6 Å². The van der Waals surface area contributed by atoms with Gasteiger partial charge in [0.2, 0.25) is 0 Å². The van der Waals surface area contributed by atoms with Gasteiger partial charge in [-0.3, -0.25) is 4.90 Å². The molecule has 0 aromatic heterocycles. The normalized spacial score (nSPS) is 31.5. The zero-order valence-corrected chi connectivity index (χ0v) is 13.5. The topological polar surface area (TPSA) is 15.3 Å². The van der Waals surface area contributed by atoms with E-state index in [2.05, 4.69) is 49.2 Å². The van der Waals surface area contributed by atoms with Gasteiger partial charge in [0.05, 0.1) is 0 Å². The lowest BCUT2D eigenvalue weighted by Gasteiger charge is -2.48. The summed E-state index contributed by atoms with van der Waals surface area (Å²) in [7, 11) is 0. The Balaban J connectivity index is 1.82. The van der Waals surface area contributed by atoms with E-state index < -0.39 is 0 Å². The molecule has 2 aliphatic rings. The van der Waals surface area contributed by atoms with E-state index in [-0.39, 0.29) is 0 Å². The van der Waals surface area contributed by atoms with Gasteiger partial charge in [-0.05, 0) is 56.7 Å². The molecule has 0 bridgehead atoms. The van der Waals surface area contributed by atoms with Crippen molar-refractivity contribution in [3.8, 4) is 0 Å². The molecule has 0 spiro atoms. The number of hydrogen-bond acceptors (Lipinski definition) is 2. The Bertz CT molecular complexity index is 498. The van der Waals surface area contributed by atoms with Crippen LogP contribution in [0, 0.1) is 12.8 Å². The SMILES string of the molecule is Cc1ccc(CN2CC(C)NCC2(C)C2CC2)c(Cl)c1. The third-order valence-corrected chi connectivity index (χ3v) is 5.40. The number of hydrogen-bond donors (Lipinski definition) is 1. The van der Waals surface area contributed by atoms with Crippen LogP contribution in [0.5, 0.6) is 0 Å². The number of nitrogens with one attached hydrogen (secondary N) is 1. The minimum absolute atomic E-state index is 0.292. The summed E-state index contributed by atoms with van der Waals surface area (Å²) in [5.41, 5.74) is 2.79. The van der Waals surface area contributed by atoms with Crippen LogP contribution in [-0.2, 0) is 6.54 Å². The van der Waals surface area contributed by atoms with Crippen molar-refractivity contribution in [1.29, 1.82) is 0 Å². The molecule has 1 aliphatic carbocycles. The molecule has 1 aliphatic heterocycles. The summed E-state index contributed by atoms with van der Waals surface area (Å²) in [5, 5.41) is 4.57. The summed E-state index contributed by atoms with van der Waals surface area (Å²) in [4.78, 5) is 2.66. The van der Waals surface area contributed by atoms with Crippen LogP contribution in [0.2, 0.25) is 5.02 Å². The van der Waals surface area contributed by atoms with E-state index in [1.807, 2.05) is 0 Å². The van der Waals surface area contributed by atoms with Crippen molar-refractivity contribution in [3.63, 3.8) is 0 Å². The Kier molecular flexibility index (Phi) is 3.83. The predicted octanol–water partition coefficient (Wildman–Crippen LogP) is 3.61. The van der Waals surface area contributed by atoms with Crippen molar-refractivity contribution in [2.45, 2.75) is 51.7 Å². The lowest BCUT2D eigenvalue weighted by atomic mass is 9.89.